The van der Waals surface area contributed by atoms with E-state index >= 15 is 0 Å². The molecule has 0 rings (SSSR count). The van der Waals surface area contributed by atoms with Crippen LogP contribution in [0.1, 0.15) is 26.7 Å². The van der Waals surface area contributed by atoms with Gasteiger partial charge in [0, 0.05) is 26.1 Å². The molecule has 0 amide bonds. The van der Waals surface area contributed by atoms with Crippen molar-refractivity contribution in [3.05, 3.63) is 0 Å². The molecule has 0 saturated heterocycles. The lowest BCUT2D eigenvalue weighted by atomic mass is 10.5. The summed E-state index contributed by atoms with van der Waals surface area (Å²) in [6, 6.07) is -0.738. The van der Waals surface area contributed by atoms with Crippen molar-refractivity contribution in [3.63, 3.8) is 0 Å². The summed E-state index contributed by atoms with van der Waals surface area (Å²) in [6.07, 6.45) is -10.9. The zero-order valence-corrected chi connectivity index (χ0v) is 15.7. The Morgan fingerprint density at radius 3 is 1.22 bits per heavy atom. The van der Waals surface area contributed by atoms with Crippen LogP contribution in [0.4, 0.5) is 26.3 Å². The highest BCUT2D eigenvalue weighted by molar-refractivity contribution is 6.80. The molecule has 23 heavy (non-hydrogen) atoms. The third-order valence-corrected chi connectivity index (χ3v) is 10.6. The van der Waals surface area contributed by atoms with Crippen LogP contribution in [0.2, 0.25) is 25.2 Å². The van der Waals surface area contributed by atoms with Crippen LogP contribution in [-0.4, -0.2) is 42.7 Å². The predicted octanol–water partition coefficient (Wildman–Crippen LogP) is 5.12. The van der Waals surface area contributed by atoms with Crippen molar-refractivity contribution >= 4 is 17.1 Å². The highest BCUT2D eigenvalue weighted by Gasteiger charge is 2.46. The summed E-state index contributed by atoms with van der Waals surface area (Å²) in [5.41, 5.74) is 0. The van der Waals surface area contributed by atoms with Crippen LogP contribution in [0.15, 0.2) is 0 Å². The van der Waals surface area contributed by atoms with Crippen molar-refractivity contribution < 1.29 is 39.3 Å². The number of halogens is 6. The van der Waals surface area contributed by atoms with Crippen molar-refractivity contribution in [1.29, 1.82) is 0 Å². The molecule has 0 spiro atoms. The van der Waals surface area contributed by atoms with Gasteiger partial charge in [-0.15, -0.1) is 0 Å². The summed E-state index contributed by atoms with van der Waals surface area (Å²) in [6.45, 7) is 6.38. The Balaban J connectivity index is 5.05. The second-order valence-electron chi connectivity index (χ2n) is 5.47. The molecule has 2 unspecified atom stereocenters. The van der Waals surface area contributed by atoms with E-state index in [0.29, 0.717) is 0 Å². The summed E-state index contributed by atoms with van der Waals surface area (Å²) in [5, 5.41) is 0. The minimum Gasteiger partial charge on any atom is -0.415 e. The van der Waals surface area contributed by atoms with E-state index in [9.17, 15) is 26.3 Å². The first-order valence-electron chi connectivity index (χ1n) is 7.36. The summed E-state index contributed by atoms with van der Waals surface area (Å²) in [4.78, 5) is 0. The number of alkyl halides is 6. The molecule has 3 nitrogen and oxygen atoms in total. The van der Waals surface area contributed by atoms with Gasteiger partial charge in [0.2, 0.25) is 0 Å². The first-order valence-corrected chi connectivity index (χ1v) is 12.4. The van der Waals surface area contributed by atoms with Crippen LogP contribution in [-0.2, 0) is 13.0 Å². The fourth-order valence-corrected chi connectivity index (χ4v) is 10.0. The van der Waals surface area contributed by atoms with E-state index in [1.54, 1.807) is 13.8 Å². The molecular weight excluding hydrogens is 362 g/mol. The van der Waals surface area contributed by atoms with Crippen molar-refractivity contribution in [2.45, 2.75) is 64.2 Å². The summed E-state index contributed by atoms with van der Waals surface area (Å²) in [5.74, 6) is 0. The summed E-state index contributed by atoms with van der Waals surface area (Å²) < 4.78 is 91.2. The first-order chi connectivity index (χ1) is 10.2. The highest BCUT2D eigenvalue weighted by Crippen LogP contribution is 2.33. The fraction of sp³-hybridized carbons (Fsp3) is 1.00. The lowest BCUT2D eigenvalue weighted by Gasteiger charge is -2.37. The zero-order chi connectivity index (χ0) is 18.4. The SMILES string of the molecule is CCO[Si](C)(CCC(F)(F)F)O[Si](C)(CCC(F)(F)F)OCC. The topological polar surface area (TPSA) is 27.7 Å². The molecule has 0 aliphatic heterocycles. The monoisotopic (exact) mass is 386 g/mol. The van der Waals surface area contributed by atoms with E-state index in [1.807, 2.05) is 0 Å². The Bertz CT molecular complexity index is 321. The van der Waals surface area contributed by atoms with E-state index in [1.165, 1.54) is 13.1 Å². The van der Waals surface area contributed by atoms with Crippen LogP contribution in [0.5, 0.6) is 0 Å². The second-order valence-corrected chi connectivity index (χ2v) is 12.4. The minimum absolute atomic E-state index is 0.135. The first kappa shape index (κ1) is 22.9. The molecule has 0 radical (unpaired) electrons. The maximum absolute atomic E-state index is 12.5. The molecule has 0 aliphatic rings. The van der Waals surface area contributed by atoms with Crippen molar-refractivity contribution in [2.24, 2.45) is 0 Å². The van der Waals surface area contributed by atoms with Gasteiger partial charge in [0.1, 0.15) is 0 Å². The van der Waals surface area contributed by atoms with E-state index < -0.39 is 42.3 Å². The number of hydrogen-bond donors (Lipinski definition) is 0. The molecule has 0 aromatic carbocycles. The Morgan fingerprint density at radius 1 is 0.696 bits per heavy atom. The van der Waals surface area contributed by atoms with E-state index in [2.05, 4.69) is 0 Å². The molecule has 0 fully saturated rings. The molecule has 0 aromatic rings. The molecule has 0 aliphatic carbocycles. The number of rotatable bonds is 10. The van der Waals surface area contributed by atoms with Crippen molar-refractivity contribution in [1.82, 2.24) is 0 Å². The van der Waals surface area contributed by atoms with Crippen LogP contribution in [0.3, 0.4) is 0 Å². The van der Waals surface area contributed by atoms with E-state index in [4.69, 9.17) is 13.0 Å². The largest absolute Gasteiger partial charge is 0.415 e. The summed E-state index contributed by atoms with van der Waals surface area (Å²) in [7, 11) is -6.56. The van der Waals surface area contributed by atoms with Gasteiger partial charge >= 0.3 is 29.5 Å². The zero-order valence-electron chi connectivity index (χ0n) is 13.7. The molecule has 11 heteroatoms. The van der Waals surface area contributed by atoms with Gasteiger partial charge in [0.15, 0.2) is 0 Å². The average Bonchev–Trinajstić information content (AvgIpc) is 2.33. The third-order valence-electron chi connectivity index (χ3n) is 3.06. The normalized spacial score (nSPS) is 18.5. The Labute approximate surface area is 134 Å². The van der Waals surface area contributed by atoms with Crippen molar-refractivity contribution in [2.75, 3.05) is 13.2 Å². The molecule has 0 heterocycles. The molecule has 0 bridgehead atoms. The van der Waals surface area contributed by atoms with Gasteiger partial charge in [-0.25, -0.2) is 0 Å². The Hall–Kier alpha value is -0.106. The van der Waals surface area contributed by atoms with Gasteiger partial charge in [-0.3, -0.25) is 0 Å². The summed E-state index contributed by atoms with van der Waals surface area (Å²) >= 11 is 0. The molecular formula is C12H24F6O3Si2. The third kappa shape index (κ3) is 11.1. The van der Waals surface area contributed by atoms with E-state index in [-0.39, 0.29) is 25.3 Å². The Kier molecular flexibility index (Phi) is 8.79. The molecule has 0 aromatic heterocycles. The van der Waals surface area contributed by atoms with Crippen molar-refractivity contribution in [3.8, 4) is 0 Å². The van der Waals surface area contributed by atoms with Crippen LogP contribution >= 0.6 is 0 Å². The fourth-order valence-electron chi connectivity index (χ4n) is 2.11. The lowest BCUT2D eigenvalue weighted by Crippen LogP contribution is -2.52. The quantitative estimate of drug-likeness (QED) is 0.385. The molecule has 0 saturated carbocycles. The standard InChI is InChI=1S/C12H24F6O3Si2/c1-5-19-22(3,9-7-11(13,14)15)21-23(4,20-6-2)10-8-12(16,17)18/h5-10H2,1-4H3. The molecule has 0 N–H and O–H groups in total. The average molecular weight is 386 g/mol. The van der Waals surface area contributed by atoms with Gasteiger partial charge < -0.3 is 13.0 Å². The van der Waals surface area contributed by atoms with Crippen LogP contribution in [0.25, 0.3) is 0 Å². The van der Waals surface area contributed by atoms with Gasteiger partial charge in [-0.05, 0) is 39.0 Å². The Morgan fingerprint density at radius 2 is 1.00 bits per heavy atom. The maximum Gasteiger partial charge on any atom is 0.389 e. The number of hydrogen-bond acceptors (Lipinski definition) is 3. The van der Waals surface area contributed by atoms with Crippen LogP contribution < -0.4 is 0 Å². The van der Waals surface area contributed by atoms with E-state index in [0.717, 1.165) is 0 Å². The van der Waals surface area contributed by atoms with Crippen LogP contribution in [0, 0.1) is 0 Å². The van der Waals surface area contributed by atoms with Gasteiger partial charge in [-0.2, -0.15) is 26.3 Å². The molecule has 2 atom stereocenters. The highest BCUT2D eigenvalue weighted by atomic mass is 28.5. The predicted molar refractivity (Wildman–Crippen MR) is 78.5 cm³/mol. The van der Waals surface area contributed by atoms with Gasteiger partial charge in [0.25, 0.3) is 0 Å². The smallest absolute Gasteiger partial charge is 0.389 e. The molecule has 140 valence electrons. The maximum atomic E-state index is 12.5. The van der Waals surface area contributed by atoms with Gasteiger partial charge in [-0.1, -0.05) is 0 Å². The lowest BCUT2D eigenvalue weighted by molar-refractivity contribution is -0.131. The second kappa shape index (κ2) is 8.83. The van der Waals surface area contributed by atoms with Gasteiger partial charge in [0.05, 0.1) is 0 Å². The minimum atomic E-state index is -4.37.